The lowest BCUT2D eigenvalue weighted by Crippen LogP contribution is -2.73. The number of likely N-dealkylation sites (tertiary alicyclic amines) is 1. The van der Waals surface area contributed by atoms with Crippen molar-refractivity contribution in [2.24, 2.45) is 5.41 Å². The van der Waals surface area contributed by atoms with Crippen molar-refractivity contribution in [3.8, 4) is 5.75 Å². The van der Waals surface area contributed by atoms with E-state index in [4.69, 9.17) is 4.74 Å². The van der Waals surface area contributed by atoms with E-state index in [2.05, 4.69) is 11.4 Å². The second-order valence-electron chi connectivity index (χ2n) is 9.05. The van der Waals surface area contributed by atoms with Gasteiger partial charge < -0.3 is 15.2 Å². The van der Waals surface area contributed by atoms with Crippen LogP contribution >= 0.6 is 0 Å². The number of phenolic OH excluding ortho intramolecular Hbond substituents is 1. The molecule has 1 aliphatic heterocycles. The van der Waals surface area contributed by atoms with Gasteiger partial charge in [0.15, 0.2) is 0 Å². The Morgan fingerprint density at radius 2 is 1.65 bits per heavy atom. The van der Waals surface area contributed by atoms with E-state index in [1.54, 1.807) is 0 Å². The second-order valence-corrected chi connectivity index (χ2v) is 9.05. The molecule has 2 aromatic carbocycles. The maximum absolute atomic E-state index is 13.3. The summed E-state index contributed by atoms with van der Waals surface area (Å²) < 4.78 is 5.72. The predicted molar refractivity (Wildman–Crippen MR) is 129 cm³/mol. The molecule has 0 spiro atoms. The fraction of sp³-hybridized carbons (Fsp3) is 0.444. The summed E-state index contributed by atoms with van der Waals surface area (Å²) >= 11 is 0. The zero-order chi connectivity index (χ0) is 25.0. The first-order valence-electron chi connectivity index (χ1n) is 11.9. The van der Waals surface area contributed by atoms with Gasteiger partial charge in [-0.15, -0.1) is 0 Å². The minimum atomic E-state index is -1.00. The monoisotopic (exact) mass is 466 g/mol. The molecule has 1 fully saturated rings. The molecule has 7 heteroatoms. The smallest absolute Gasteiger partial charge is 0.340 e. The lowest BCUT2D eigenvalue weighted by atomic mass is 9.72. The summed E-state index contributed by atoms with van der Waals surface area (Å²) in [6, 6.07) is 11.0. The normalized spacial score (nSPS) is 17.6. The van der Waals surface area contributed by atoms with E-state index < -0.39 is 23.6 Å². The number of nitrogens with zero attached hydrogens (tertiary/aromatic N) is 1. The number of aryl methyl sites for hydroxylation is 2. The largest absolute Gasteiger partial charge is 0.508 e. The van der Waals surface area contributed by atoms with Crippen LogP contribution in [0.5, 0.6) is 5.75 Å². The Bertz CT molecular complexity index is 1040. The molecule has 1 heterocycles. The molecular weight excluding hydrogens is 432 g/mol. The number of carbonyl (C=O) groups excluding carboxylic acids is 3. The highest BCUT2D eigenvalue weighted by atomic mass is 16.6. The molecule has 0 saturated carbocycles. The minimum absolute atomic E-state index is 0.0289. The molecule has 7 nitrogen and oxygen atoms in total. The number of benzene rings is 2. The average Bonchev–Trinajstić information content (AvgIpc) is 2.79. The van der Waals surface area contributed by atoms with E-state index in [0.717, 1.165) is 28.0 Å². The Morgan fingerprint density at radius 3 is 2.18 bits per heavy atom. The van der Waals surface area contributed by atoms with E-state index in [1.165, 1.54) is 24.3 Å². The van der Waals surface area contributed by atoms with E-state index in [1.807, 2.05) is 46.8 Å². The van der Waals surface area contributed by atoms with Crippen LogP contribution < -0.4 is 5.32 Å². The zero-order valence-corrected chi connectivity index (χ0v) is 20.6. The highest BCUT2D eigenvalue weighted by Gasteiger charge is 2.63. The number of phenols is 1. The summed E-state index contributed by atoms with van der Waals surface area (Å²) in [4.78, 5) is 40.4. The van der Waals surface area contributed by atoms with Crippen LogP contribution in [0.3, 0.4) is 0 Å². The maximum Gasteiger partial charge on any atom is 0.340 e. The quantitative estimate of drug-likeness (QED) is 0.402. The van der Waals surface area contributed by atoms with Crippen molar-refractivity contribution in [1.29, 1.82) is 0 Å². The van der Waals surface area contributed by atoms with E-state index in [-0.39, 0.29) is 23.3 Å². The van der Waals surface area contributed by atoms with Gasteiger partial charge >= 0.3 is 12.0 Å². The number of nitrogens with one attached hydrogen (secondary N) is 1. The van der Waals surface area contributed by atoms with Gasteiger partial charge in [-0.05, 0) is 62.9 Å². The second kappa shape index (κ2) is 10.3. The Labute approximate surface area is 201 Å². The van der Waals surface area contributed by atoms with Crippen molar-refractivity contribution in [2.45, 2.75) is 72.6 Å². The lowest BCUT2D eigenvalue weighted by Gasteiger charge is -2.52. The van der Waals surface area contributed by atoms with Gasteiger partial charge in [-0.3, -0.25) is 4.79 Å². The first-order chi connectivity index (χ1) is 16.2. The lowest BCUT2D eigenvalue weighted by molar-refractivity contribution is -0.197. The van der Waals surface area contributed by atoms with Gasteiger partial charge in [-0.1, -0.05) is 56.5 Å². The third kappa shape index (κ3) is 4.79. The first-order valence-corrected chi connectivity index (χ1v) is 11.9. The number of ether oxygens (including phenoxy) is 1. The Balaban J connectivity index is 1.85. The third-order valence-corrected chi connectivity index (χ3v) is 6.68. The molecule has 3 rings (SSSR count). The van der Waals surface area contributed by atoms with Gasteiger partial charge in [0.05, 0.1) is 11.6 Å². The highest BCUT2D eigenvalue weighted by Crippen LogP contribution is 2.46. The van der Waals surface area contributed by atoms with Crippen LogP contribution in [0, 0.1) is 19.3 Å². The molecule has 0 unspecified atom stereocenters. The van der Waals surface area contributed by atoms with Gasteiger partial charge in [0.1, 0.15) is 11.2 Å². The number of rotatable bonds is 8. The Morgan fingerprint density at radius 1 is 1.06 bits per heavy atom. The fourth-order valence-electron chi connectivity index (χ4n) is 4.71. The van der Waals surface area contributed by atoms with Crippen molar-refractivity contribution < 1.29 is 24.2 Å². The number of hydrogen-bond donors (Lipinski definition) is 2. The summed E-state index contributed by atoms with van der Waals surface area (Å²) in [5.41, 5.74) is 2.47. The van der Waals surface area contributed by atoms with Crippen LogP contribution in [0.2, 0.25) is 0 Å². The highest BCUT2D eigenvalue weighted by molar-refractivity contribution is 6.04. The molecule has 2 atom stereocenters. The van der Waals surface area contributed by atoms with E-state index in [0.29, 0.717) is 19.3 Å². The maximum atomic E-state index is 13.3. The number of amides is 3. The van der Waals surface area contributed by atoms with Crippen molar-refractivity contribution in [2.75, 3.05) is 0 Å². The molecule has 1 aliphatic rings. The molecule has 182 valence electrons. The molecule has 1 saturated heterocycles. The van der Waals surface area contributed by atoms with Crippen LogP contribution in [-0.4, -0.2) is 34.1 Å². The number of hydrogen-bond acceptors (Lipinski definition) is 5. The number of urea groups is 1. The molecule has 3 amide bonds. The molecular formula is C27H34N2O5. The number of aromatic hydroxyl groups is 1. The van der Waals surface area contributed by atoms with Gasteiger partial charge in [-0.2, -0.15) is 0 Å². The molecule has 34 heavy (non-hydrogen) atoms. The molecule has 0 bridgehead atoms. The molecule has 0 radical (unpaired) electrons. The predicted octanol–water partition coefficient (Wildman–Crippen LogP) is 5.39. The van der Waals surface area contributed by atoms with Crippen LogP contribution in [0.15, 0.2) is 42.5 Å². The van der Waals surface area contributed by atoms with Crippen LogP contribution in [0.4, 0.5) is 4.79 Å². The molecule has 0 aromatic heterocycles. The fourth-order valence-corrected chi connectivity index (χ4v) is 4.71. The van der Waals surface area contributed by atoms with Gasteiger partial charge in [0.25, 0.3) is 0 Å². The Kier molecular flexibility index (Phi) is 7.64. The topological polar surface area (TPSA) is 95.9 Å². The van der Waals surface area contributed by atoms with Crippen molar-refractivity contribution in [1.82, 2.24) is 10.2 Å². The third-order valence-electron chi connectivity index (χ3n) is 6.68. The summed E-state index contributed by atoms with van der Waals surface area (Å²) in [7, 11) is 0. The van der Waals surface area contributed by atoms with Crippen molar-refractivity contribution in [3.63, 3.8) is 0 Å². The summed E-state index contributed by atoms with van der Waals surface area (Å²) in [6.45, 7) is 9.77. The zero-order valence-electron chi connectivity index (χ0n) is 20.6. The van der Waals surface area contributed by atoms with E-state index >= 15 is 0 Å². The van der Waals surface area contributed by atoms with Crippen LogP contribution in [-0.2, 0) is 9.53 Å². The van der Waals surface area contributed by atoms with Crippen molar-refractivity contribution in [3.05, 3.63) is 64.7 Å². The molecule has 2 N–H and O–H groups in total. The standard InChI is InChI=1S/C27H34N2O5/c1-6-9-22(20-15-17(4)14-18(5)16-20)28-26(33)29-24(32)27(7-2,8-3)25(29)34-23(31)19-10-12-21(30)13-11-19/h10-16,22,25,30H,6-9H2,1-5H3,(H,28,33)/t22-,25+/m1/s1. The summed E-state index contributed by atoms with van der Waals surface area (Å²) in [6.07, 6.45) is 1.43. The summed E-state index contributed by atoms with van der Waals surface area (Å²) in [5, 5.41) is 12.5. The Hall–Kier alpha value is -3.35. The molecule has 0 aliphatic carbocycles. The van der Waals surface area contributed by atoms with E-state index in [9.17, 15) is 19.5 Å². The molecule has 2 aromatic rings. The minimum Gasteiger partial charge on any atom is -0.508 e. The number of carbonyl (C=O) groups is 3. The van der Waals surface area contributed by atoms with Gasteiger partial charge in [0, 0.05) is 0 Å². The van der Waals surface area contributed by atoms with Gasteiger partial charge in [0.2, 0.25) is 12.1 Å². The number of β-lactam (4-membered cyclic amide) rings is 1. The van der Waals surface area contributed by atoms with Crippen LogP contribution in [0.25, 0.3) is 0 Å². The van der Waals surface area contributed by atoms with Gasteiger partial charge in [-0.25, -0.2) is 14.5 Å². The SMILES string of the molecule is CCC[C@@H](NC(=O)N1C(=O)C(CC)(CC)[C@@H]1OC(=O)c1ccc(O)cc1)c1cc(C)cc(C)c1. The van der Waals surface area contributed by atoms with Crippen molar-refractivity contribution >= 4 is 17.9 Å². The number of esters is 1. The first kappa shape index (κ1) is 25.3. The average molecular weight is 467 g/mol. The number of imide groups is 1. The summed E-state index contributed by atoms with van der Waals surface area (Å²) in [5.74, 6) is -0.962. The van der Waals surface area contributed by atoms with Crippen LogP contribution in [0.1, 0.15) is 79.5 Å².